The highest BCUT2D eigenvalue weighted by atomic mass is 32.2. The average molecular weight is 462 g/mol. The van der Waals surface area contributed by atoms with Crippen molar-refractivity contribution in [3.8, 4) is 0 Å². The Balaban J connectivity index is 1.53. The van der Waals surface area contributed by atoms with Crippen LogP contribution >= 0.6 is 23.1 Å². The summed E-state index contributed by atoms with van der Waals surface area (Å²) in [6.07, 6.45) is 0.0331. The molecule has 0 radical (unpaired) electrons. The molecule has 1 aliphatic rings. The minimum atomic E-state index is -3.99. The van der Waals surface area contributed by atoms with Crippen LogP contribution in [-0.2, 0) is 24.4 Å². The van der Waals surface area contributed by atoms with E-state index in [4.69, 9.17) is 0 Å². The van der Waals surface area contributed by atoms with Crippen LogP contribution in [-0.4, -0.2) is 36.4 Å². The number of sulfonamides is 1. The highest BCUT2D eigenvalue weighted by Gasteiger charge is 2.40. The zero-order valence-electron chi connectivity index (χ0n) is 15.6. The molecule has 2 aromatic carbocycles. The molecule has 2 heterocycles. The molecule has 1 fully saturated rings. The third-order valence-electron chi connectivity index (χ3n) is 4.31. The van der Waals surface area contributed by atoms with Crippen molar-refractivity contribution >= 4 is 66.7 Å². The molecule has 1 N–H and O–H groups in total. The normalized spacial score (nSPS) is 17.0. The van der Waals surface area contributed by atoms with Crippen molar-refractivity contribution in [2.24, 2.45) is 0 Å². The van der Waals surface area contributed by atoms with Gasteiger partial charge in [-0.1, -0.05) is 23.9 Å². The third kappa shape index (κ3) is 3.95. The van der Waals surface area contributed by atoms with Crippen LogP contribution in [0.2, 0.25) is 0 Å². The van der Waals surface area contributed by atoms with Crippen molar-refractivity contribution in [3.63, 3.8) is 0 Å². The smallest absolute Gasteiger partial charge is 0.264 e. The largest absolute Gasteiger partial charge is 0.274 e. The highest BCUT2D eigenvalue weighted by Crippen LogP contribution is 2.37. The minimum absolute atomic E-state index is 0.0331. The predicted molar refractivity (Wildman–Crippen MR) is 114 cm³/mol. The Hall–Kier alpha value is -2.76. The second-order valence-corrected chi connectivity index (χ2v) is 10.6. The summed E-state index contributed by atoms with van der Waals surface area (Å²) < 4.78 is 27.7. The van der Waals surface area contributed by atoms with Crippen LogP contribution in [0, 0.1) is 0 Å². The molecule has 11 heteroatoms. The molecular weight excluding hydrogens is 446 g/mol. The number of aromatic nitrogens is 1. The van der Waals surface area contributed by atoms with E-state index < -0.39 is 21.2 Å². The van der Waals surface area contributed by atoms with Gasteiger partial charge in [0.2, 0.25) is 17.7 Å². The third-order valence-corrected chi connectivity index (χ3v) is 8.07. The maximum Gasteiger partial charge on any atom is 0.264 e. The number of hydrogen-bond acceptors (Lipinski definition) is 8. The van der Waals surface area contributed by atoms with Gasteiger partial charge in [-0.3, -0.25) is 14.4 Å². The van der Waals surface area contributed by atoms with Gasteiger partial charge in [-0.25, -0.2) is 23.0 Å². The number of imide groups is 1. The number of nitrogens with zero attached hydrogens (tertiary/aromatic N) is 2. The lowest BCUT2D eigenvalue weighted by atomic mass is 10.3. The van der Waals surface area contributed by atoms with Crippen LogP contribution in [0.1, 0.15) is 13.3 Å². The van der Waals surface area contributed by atoms with E-state index in [1.54, 1.807) is 0 Å². The molecule has 0 unspecified atom stereocenters. The lowest BCUT2D eigenvalue weighted by Gasteiger charge is -2.15. The van der Waals surface area contributed by atoms with Gasteiger partial charge in [0.15, 0.2) is 4.34 Å². The van der Waals surface area contributed by atoms with E-state index in [2.05, 4.69) is 4.98 Å². The monoisotopic (exact) mass is 461 g/mol. The van der Waals surface area contributed by atoms with E-state index in [-0.39, 0.29) is 28.8 Å². The van der Waals surface area contributed by atoms with Gasteiger partial charge in [0.05, 0.1) is 20.8 Å². The molecule has 0 saturated carbocycles. The Bertz CT molecular complexity index is 1240. The first kappa shape index (κ1) is 20.5. The highest BCUT2D eigenvalue weighted by molar-refractivity contribution is 8.02. The van der Waals surface area contributed by atoms with Gasteiger partial charge < -0.3 is 0 Å². The maximum atomic E-state index is 12.8. The van der Waals surface area contributed by atoms with Crippen LogP contribution in [0.3, 0.4) is 0 Å². The zero-order valence-corrected chi connectivity index (χ0v) is 18.0. The van der Waals surface area contributed by atoms with E-state index in [1.807, 2.05) is 29.0 Å². The summed E-state index contributed by atoms with van der Waals surface area (Å²) in [6.45, 7) is 1.09. The quantitative estimate of drug-likeness (QED) is 0.581. The van der Waals surface area contributed by atoms with Crippen LogP contribution in [0.4, 0.5) is 5.69 Å². The van der Waals surface area contributed by atoms with Gasteiger partial charge in [0.25, 0.3) is 10.0 Å². The summed E-state index contributed by atoms with van der Waals surface area (Å²) in [7, 11) is -3.99. The fraction of sp³-hybridized carbons (Fsp3) is 0.158. The first-order valence-electron chi connectivity index (χ1n) is 8.77. The number of thiazole rings is 1. The van der Waals surface area contributed by atoms with E-state index in [0.717, 1.165) is 22.0 Å². The van der Waals surface area contributed by atoms with Gasteiger partial charge in [-0.05, 0) is 36.4 Å². The number of rotatable bonds is 5. The Labute approximate surface area is 180 Å². The van der Waals surface area contributed by atoms with Crippen molar-refractivity contribution in [3.05, 3.63) is 48.5 Å². The predicted octanol–water partition coefficient (Wildman–Crippen LogP) is 2.55. The van der Waals surface area contributed by atoms with Crippen LogP contribution < -0.4 is 9.62 Å². The number of fused-ring (bicyclic) bond motifs is 1. The fourth-order valence-electron chi connectivity index (χ4n) is 3.01. The number of nitrogens with one attached hydrogen (secondary N) is 1. The first-order chi connectivity index (χ1) is 14.2. The van der Waals surface area contributed by atoms with E-state index in [9.17, 15) is 22.8 Å². The molecule has 154 valence electrons. The minimum Gasteiger partial charge on any atom is -0.274 e. The second-order valence-electron chi connectivity index (χ2n) is 6.48. The molecule has 3 aromatic rings. The molecule has 8 nitrogen and oxygen atoms in total. The van der Waals surface area contributed by atoms with Crippen LogP contribution in [0.15, 0.2) is 57.8 Å². The molecule has 1 atom stereocenters. The molecule has 30 heavy (non-hydrogen) atoms. The number of benzene rings is 2. The van der Waals surface area contributed by atoms with Gasteiger partial charge in [0, 0.05) is 13.3 Å². The lowest BCUT2D eigenvalue weighted by Crippen LogP contribution is -2.31. The Kier molecular flexibility index (Phi) is 5.35. The number of thioether (sulfide) groups is 1. The van der Waals surface area contributed by atoms with Gasteiger partial charge >= 0.3 is 0 Å². The molecule has 4 rings (SSSR count). The molecule has 1 aromatic heterocycles. The Morgan fingerprint density at radius 1 is 1.17 bits per heavy atom. The number of para-hydroxylation sites is 1. The number of anilines is 1. The van der Waals surface area contributed by atoms with E-state index in [0.29, 0.717) is 4.34 Å². The van der Waals surface area contributed by atoms with Crippen LogP contribution in [0.5, 0.6) is 0 Å². The SMILES string of the molecule is CC(=O)NS(=O)(=O)c1ccc(N2C(=O)C[C@@H](Sc3nc4ccccc4s3)C2=O)cc1. The molecule has 0 spiro atoms. The number of carbonyl (C=O) groups excluding carboxylic acids is 3. The summed E-state index contributed by atoms with van der Waals surface area (Å²) in [6, 6.07) is 12.9. The number of hydrogen-bond donors (Lipinski definition) is 1. The van der Waals surface area contributed by atoms with Gasteiger partial charge in [0.1, 0.15) is 5.25 Å². The average Bonchev–Trinajstić information content (AvgIpc) is 3.21. The molecule has 3 amide bonds. The molecule has 1 aliphatic heterocycles. The second kappa shape index (κ2) is 7.82. The number of carbonyl (C=O) groups is 3. The van der Waals surface area contributed by atoms with Gasteiger partial charge in [-0.2, -0.15) is 0 Å². The summed E-state index contributed by atoms with van der Waals surface area (Å²) in [4.78, 5) is 41.8. The number of amides is 3. The molecule has 0 aliphatic carbocycles. The summed E-state index contributed by atoms with van der Waals surface area (Å²) in [5, 5.41) is -0.596. The topological polar surface area (TPSA) is 114 Å². The summed E-state index contributed by atoms with van der Waals surface area (Å²) in [5.41, 5.74) is 1.12. The Morgan fingerprint density at radius 2 is 1.87 bits per heavy atom. The maximum absolute atomic E-state index is 12.8. The Morgan fingerprint density at radius 3 is 2.53 bits per heavy atom. The standard InChI is InChI=1S/C19H15N3O5S3/c1-11(23)21-30(26,27)13-8-6-12(7-9-13)22-17(24)10-16(18(22)25)29-19-20-14-4-2-3-5-15(14)28-19/h2-9,16H,10H2,1H3,(H,21,23)/t16-/m1/s1. The fourth-order valence-corrected chi connectivity index (χ4v) is 6.34. The van der Waals surface area contributed by atoms with Crippen molar-refractivity contribution in [1.82, 2.24) is 9.71 Å². The summed E-state index contributed by atoms with van der Waals surface area (Å²) in [5.74, 6) is -1.45. The van der Waals surface area contributed by atoms with Crippen molar-refractivity contribution in [2.75, 3.05) is 4.90 Å². The van der Waals surface area contributed by atoms with Gasteiger partial charge in [-0.15, -0.1) is 11.3 Å². The lowest BCUT2D eigenvalue weighted by molar-refractivity contribution is -0.121. The van der Waals surface area contributed by atoms with Crippen LogP contribution in [0.25, 0.3) is 10.2 Å². The van der Waals surface area contributed by atoms with Crippen molar-refractivity contribution in [2.45, 2.75) is 27.8 Å². The van der Waals surface area contributed by atoms with Crippen molar-refractivity contribution in [1.29, 1.82) is 0 Å². The first-order valence-corrected chi connectivity index (χ1v) is 11.9. The molecule has 1 saturated heterocycles. The molecular formula is C19H15N3O5S3. The van der Waals surface area contributed by atoms with E-state index >= 15 is 0 Å². The summed E-state index contributed by atoms with van der Waals surface area (Å²) >= 11 is 2.72. The molecule has 0 bridgehead atoms. The zero-order chi connectivity index (χ0) is 21.5. The van der Waals surface area contributed by atoms with E-state index in [1.165, 1.54) is 47.4 Å². The van der Waals surface area contributed by atoms with Crippen molar-refractivity contribution < 1.29 is 22.8 Å².